The molecule has 1 rings (SSSR count). The maximum atomic E-state index is 12.2. The van der Waals surface area contributed by atoms with Gasteiger partial charge >= 0.3 is 6.18 Å². The minimum absolute atomic E-state index is 0.385. The summed E-state index contributed by atoms with van der Waals surface area (Å²) in [6.45, 7) is -0.434. The minimum atomic E-state index is -4.33. The summed E-state index contributed by atoms with van der Waals surface area (Å²) in [6, 6.07) is 4.83. The molecule has 0 heterocycles. The Labute approximate surface area is 79.5 Å². The van der Waals surface area contributed by atoms with E-state index >= 15 is 0 Å². The van der Waals surface area contributed by atoms with Crippen molar-refractivity contribution in [3.8, 4) is 0 Å². The van der Waals surface area contributed by atoms with Crippen LogP contribution in [0.15, 0.2) is 30.3 Å². The lowest BCUT2D eigenvalue weighted by Crippen LogP contribution is -2.04. The molecule has 0 aromatic heterocycles. The number of halogens is 3. The van der Waals surface area contributed by atoms with E-state index in [0.717, 1.165) is 12.1 Å². The van der Waals surface area contributed by atoms with Crippen LogP contribution in [0.3, 0.4) is 0 Å². The number of rotatable bonds is 2. The molecular weight excluding hydrogens is 193 g/mol. The SMILES string of the molecule is [O]C/C=C/c1cccc(C(F)(F)F)c1. The van der Waals surface area contributed by atoms with Gasteiger partial charge in [-0.15, -0.1) is 0 Å². The molecule has 0 aliphatic heterocycles. The maximum absolute atomic E-state index is 12.2. The van der Waals surface area contributed by atoms with Crippen LogP contribution in [0.1, 0.15) is 11.1 Å². The summed E-state index contributed by atoms with van der Waals surface area (Å²) in [5.41, 5.74) is -0.318. The van der Waals surface area contributed by atoms with Gasteiger partial charge in [0.2, 0.25) is 0 Å². The monoisotopic (exact) mass is 201 g/mol. The lowest BCUT2D eigenvalue weighted by Gasteiger charge is -2.06. The molecule has 0 atom stereocenters. The van der Waals surface area contributed by atoms with Crippen LogP contribution < -0.4 is 0 Å². The van der Waals surface area contributed by atoms with E-state index in [0.29, 0.717) is 5.56 Å². The van der Waals surface area contributed by atoms with Gasteiger partial charge in [-0.05, 0) is 17.7 Å². The molecular formula is C10H8F3O. The Morgan fingerprint density at radius 1 is 1.29 bits per heavy atom. The van der Waals surface area contributed by atoms with E-state index in [1.165, 1.54) is 24.3 Å². The Morgan fingerprint density at radius 3 is 2.57 bits per heavy atom. The number of alkyl halides is 3. The summed E-state index contributed by atoms with van der Waals surface area (Å²) in [5, 5.41) is 10.1. The van der Waals surface area contributed by atoms with Crippen molar-refractivity contribution in [2.24, 2.45) is 0 Å². The molecule has 75 valence electrons. The van der Waals surface area contributed by atoms with Crippen molar-refractivity contribution in [3.05, 3.63) is 41.5 Å². The molecule has 0 saturated carbocycles. The maximum Gasteiger partial charge on any atom is 0.416 e. The highest BCUT2D eigenvalue weighted by atomic mass is 19.4. The first-order valence-electron chi connectivity index (χ1n) is 3.96. The highest BCUT2D eigenvalue weighted by Crippen LogP contribution is 2.29. The molecule has 0 amide bonds. The third-order valence-corrected chi connectivity index (χ3v) is 1.62. The fourth-order valence-electron chi connectivity index (χ4n) is 1.00. The van der Waals surface area contributed by atoms with Gasteiger partial charge in [0.25, 0.3) is 0 Å². The fraction of sp³-hybridized carbons (Fsp3) is 0.200. The quantitative estimate of drug-likeness (QED) is 0.700. The molecule has 14 heavy (non-hydrogen) atoms. The third kappa shape index (κ3) is 2.88. The average Bonchev–Trinajstić information content (AvgIpc) is 2.14. The standard InChI is InChI=1S/C10H8F3O/c11-10(12,13)9-5-1-3-8(7-9)4-2-6-14/h1-5,7H,6H2/b4-2+. The second-order valence-corrected chi connectivity index (χ2v) is 2.69. The first-order valence-corrected chi connectivity index (χ1v) is 3.96. The Bertz CT molecular complexity index is 328. The van der Waals surface area contributed by atoms with Crippen LogP contribution in [0.5, 0.6) is 0 Å². The summed E-state index contributed by atoms with van der Waals surface area (Å²) in [7, 11) is 0. The van der Waals surface area contributed by atoms with Gasteiger partial charge in [0, 0.05) is 0 Å². The van der Waals surface area contributed by atoms with E-state index in [9.17, 15) is 18.3 Å². The van der Waals surface area contributed by atoms with Crippen LogP contribution in [0.25, 0.3) is 6.08 Å². The summed E-state index contributed by atoms with van der Waals surface area (Å²) in [4.78, 5) is 0. The Kier molecular flexibility index (Phi) is 3.30. The molecule has 0 fully saturated rings. The van der Waals surface area contributed by atoms with Crippen molar-refractivity contribution in [2.75, 3.05) is 6.61 Å². The summed E-state index contributed by atoms with van der Waals surface area (Å²) in [6.07, 6.45) is -1.68. The average molecular weight is 201 g/mol. The highest BCUT2D eigenvalue weighted by molar-refractivity contribution is 5.50. The van der Waals surface area contributed by atoms with Crippen molar-refractivity contribution >= 4 is 6.08 Å². The van der Waals surface area contributed by atoms with Gasteiger partial charge in [-0.2, -0.15) is 13.2 Å². The molecule has 0 saturated heterocycles. The molecule has 1 nitrogen and oxygen atoms in total. The summed E-state index contributed by atoms with van der Waals surface area (Å²) >= 11 is 0. The summed E-state index contributed by atoms with van der Waals surface area (Å²) in [5.74, 6) is 0. The van der Waals surface area contributed by atoms with Crippen molar-refractivity contribution in [1.29, 1.82) is 0 Å². The van der Waals surface area contributed by atoms with Crippen LogP contribution in [0, 0.1) is 0 Å². The zero-order valence-electron chi connectivity index (χ0n) is 7.21. The van der Waals surface area contributed by atoms with Gasteiger partial charge in [0.05, 0.1) is 5.56 Å². The highest BCUT2D eigenvalue weighted by Gasteiger charge is 2.30. The van der Waals surface area contributed by atoms with E-state index in [2.05, 4.69) is 0 Å². The molecule has 1 aromatic carbocycles. The zero-order chi connectivity index (χ0) is 10.6. The van der Waals surface area contributed by atoms with Crippen LogP contribution in [-0.4, -0.2) is 6.61 Å². The molecule has 0 aliphatic carbocycles. The lowest BCUT2D eigenvalue weighted by atomic mass is 10.1. The molecule has 0 bridgehead atoms. The zero-order valence-corrected chi connectivity index (χ0v) is 7.21. The van der Waals surface area contributed by atoms with Crippen LogP contribution in [0.4, 0.5) is 13.2 Å². The second kappa shape index (κ2) is 4.28. The molecule has 1 radical (unpaired) electrons. The molecule has 0 spiro atoms. The molecule has 4 heteroatoms. The van der Waals surface area contributed by atoms with Crippen molar-refractivity contribution in [2.45, 2.75) is 6.18 Å². The predicted octanol–water partition coefficient (Wildman–Crippen LogP) is 3.15. The minimum Gasteiger partial charge on any atom is -0.232 e. The Hall–Kier alpha value is -1.29. The molecule has 0 unspecified atom stereocenters. The van der Waals surface area contributed by atoms with E-state index in [4.69, 9.17) is 0 Å². The van der Waals surface area contributed by atoms with E-state index in [1.54, 1.807) is 0 Å². The van der Waals surface area contributed by atoms with Gasteiger partial charge < -0.3 is 0 Å². The van der Waals surface area contributed by atoms with Crippen LogP contribution in [-0.2, 0) is 11.3 Å². The lowest BCUT2D eigenvalue weighted by molar-refractivity contribution is -0.137. The Morgan fingerprint density at radius 2 is 2.00 bits per heavy atom. The van der Waals surface area contributed by atoms with E-state index < -0.39 is 18.3 Å². The number of hydrogen-bond acceptors (Lipinski definition) is 0. The van der Waals surface area contributed by atoms with Gasteiger partial charge in [0.15, 0.2) is 0 Å². The fourth-order valence-corrected chi connectivity index (χ4v) is 1.00. The summed E-state index contributed by atoms with van der Waals surface area (Å²) < 4.78 is 36.6. The van der Waals surface area contributed by atoms with Crippen molar-refractivity contribution in [1.82, 2.24) is 0 Å². The predicted molar refractivity (Wildman–Crippen MR) is 46.0 cm³/mol. The molecule has 0 aliphatic rings. The third-order valence-electron chi connectivity index (χ3n) is 1.62. The Balaban J connectivity index is 2.96. The normalized spacial score (nSPS) is 12.3. The van der Waals surface area contributed by atoms with Crippen LogP contribution >= 0.6 is 0 Å². The van der Waals surface area contributed by atoms with Gasteiger partial charge in [-0.25, -0.2) is 5.11 Å². The first kappa shape index (κ1) is 10.8. The van der Waals surface area contributed by atoms with Gasteiger partial charge in [-0.3, -0.25) is 0 Å². The van der Waals surface area contributed by atoms with Crippen LogP contribution in [0.2, 0.25) is 0 Å². The second-order valence-electron chi connectivity index (χ2n) is 2.69. The van der Waals surface area contributed by atoms with Crippen molar-refractivity contribution in [3.63, 3.8) is 0 Å². The first-order chi connectivity index (χ1) is 6.54. The van der Waals surface area contributed by atoms with E-state index in [-0.39, 0.29) is 0 Å². The number of hydrogen-bond donors (Lipinski definition) is 0. The molecule has 0 N–H and O–H groups in total. The van der Waals surface area contributed by atoms with Crippen molar-refractivity contribution < 1.29 is 18.3 Å². The van der Waals surface area contributed by atoms with Gasteiger partial charge in [-0.1, -0.05) is 24.3 Å². The van der Waals surface area contributed by atoms with Gasteiger partial charge in [0.1, 0.15) is 6.61 Å². The molecule has 1 aromatic rings. The smallest absolute Gasteiger partial charge is 0.232 e. The largest absolute Gasteiger partial charge is 0.416 e. The number of benzene rings is 1. The topological polar surface area (TPSA) is 19.9 Å². The van der Waals surface area contributed by atoms with E-state index in [1.807, 2.05) is 0 Å².